The number of thioether (sulfide) groups is 1. The highest BCUT2D eigenvalue weighted by atomic mass is 32.2. The van der Waals surface area contributed by atoms with Crippen molar-refractivity contribution in [1.29, 1.82) is 0 Å². The first-order chi connectivity index (χ1) is 13.0. The van der Waals surface area contributed by atoms with Crippen LogP contribution in [0.25, 0.3) is 0 Å². The minimum Gasteiger partial charge on any atom is -0.493 e. The first-order valence-electron chi connectivity index (χ1n) is 9.20. The second-order valence-corrected chi connectivity index (χ2v) is 10.4. The third-order valence-electron chi connectivity index (χ3n) is 4.73. The van der Waals surface area contributed by atoms with E-state index in [4.69, 9.17) is 4.74 Å². The van der Waals surface area contributed by atoms with E-state index in [2.05, 4.69) is 14.8 Å². The lowest BCUT2D eigenvalue weighted by molar-refractivity contribution is 0.343. The van der Waals surface area contributed by atoms with Gasteiger partial charge in [0.1, 0.15) is 11.6 Å². The van der Waals surface area contributed by atoms with Crippen molar-refractivity contribution in [2.45, 2.75) is 47.7 Å². The number of hydrogen-bond acceptors (Lipinski definition) is 6. The van der Waals surface area contributed by atoms with Crippen molar-refractivity contribution >= 4 is 21.8 Å². The maximum Gasteiger partial charge on any atom is 0.242 e. The summed E-state index contributed by atoms with van der Waals surface area (Å²) in [7, 11) is -0.366. The Morgan fingerprint density at radius 3 is 2.44 bits per heavy atom. The van der Waals surface area contributed by atoms with Gasteiger partial charge in [-0.1, -0.05) is 11.8 Å². The molecular formula is C18H24N4O3S2. The third kappa shape index (κ3) is 4.14. The van der Waals surface area contributed by atoms with Crippen molar-refractivity contribution in [3.63, 3.8) is 0 Å². The second-order valence-electron chi connectivity index (χ2n) is 7.17. The van der Waals surface area contributed by atoms with Gasteiger partial charge in [-0.15, -0.1) is 10.2 Å². The van der Waals surface area contributed by atoms with E-state index in [-0.39, 0.29) is 4.90 Å². The molecule has 0 saturated heterocycles. The molecule has 0 atom stereocenters. The molecule has 4 rings (SSSR count). The number of benzene rings is 1. The normalized spacial score (nSPS) is 17.4. The minimum absolute atomic E-state index is 0.263. The Morgan fingerprint density at radius 1 is 1.15 bits per heavy atom. The van der Waals surface area contributed by atoms with Crippen molar-refractivity contribution in [3.05, 3.63) is 30.1 Å². The highest BCUT2D eigenvalue weighted by Crippen LogP contribution is 2.45. The smallest absolute Gasteiger partial charge is 0.242 e. The molecule has 2 saturated carbocycles. The highest BCUT2D eigenvalue weighted by Gasteiger charge is 2.36. The van der Waals surface area contributed by atoms with E-state index in [0.29, 0.717) is 24.3 Å². The van der Waals surface area contributed by atoms with E-state index in [0.717, 1.165) is 10.9 Å². The van der Waals surface area contributed by atoms with Gasteiger partial charge in [0.25, 0.3) is 0 Å². The second kappa shape index (κ2) is 7.44. The minimum atomic E-state index is -3.41. The summed E-state index contributed by atoms with van der Waals surface area (Å²) in [5.74, 6) is 3.21. The molecule has 9 heteroatoms. The van der Waals surface area contributed by atoms with E-state index >= 15 is 0 Å². The van der Waals surface area contributed by atoms with Crippen LogP contribution in [-0.4, -0.2) is 53.9 Å². The fourth-order valence-corrected chi connectivity index (χ4v) is 4.62. The molecule has 146 valence electrons. The highest BCUT2D eigenvalue weighted by molar-refractivity contribution is 7.99. The molecule has 2 aliphatic rings. The van der Waals surface area contributed by atoms with Crippen molar-refractivity contribution in [3.8, 4) is 5.75 Å². The molecule has 0 aliphatic heterocycles. The van der Waals surface area contributed by atoms with Gasteiger partial charge in [0.05, 0.1) is 11.5 Å². The molecule has 7 nitrogen and oxygen atoms in total. The maximum atomic E-state index is 12.1. The van der Waals surface area contributed by atoms with Crippen LogP contribution in [0.15, 0.2) is 34.3 Å². The molecule has 0 radical (unpaired) electrons. The topological polar surface area (TPSA) is 77.3 Å². The maximum absolute atomic E-state index is 12.1. The van der Waals surface area contributed by atoms with Gasteiger partial charge in [-0.05, 0) is 49.9 Å². The van der Waals surface area contributed by atoms with E-state index in [9.17, 15) is 8.42 Å². The predicted octanol–water partition coefficient (Wildman–Crippen LogP) is 2.91. The molecule has 27 heavy (non-hydrogen) atoms. The summed E-state index contributed by atoms with van der Waals surface area (Å²) in [6.45, 7) is 0.529. The molecule has 0 bridgehead atoms. The average Bonchev–Trinajstić information content (AvgIpc) is 3.58. The molecule has 0 unspecified atom stereocenters. The zero-order chi connectivity index (χ0) is 19.0. The Bertz CT molecular complexity index is 901. The number of aromatic nitrogens is 3. The summed E-state index contributed by atoms with van der Waals surface area (Å²) in [5.41, 5.74) is 0. The lowest BCUT2D eigenvalue weighted by Gasteiger charge is -2.12. The summed E-state index contributed by atoms with van der Waals surface area (Å²) in [6, 6.07) is 7.12. The largest absolute Gasteiger partial charge is 0.493 e. The molecule has 0 spiro atoms. The van der Waals surface area contributed by atoms with Crippen LogP contribution < -0.4 is 4.74 Å². The van der Waals surface area contributed by atoms with Gasteiger partial charge < -0.3 is 9.30 Å². The van der Waals surface area contributed by atoms with E-state index in [1.54, 1.807) is 36.0 Å². The number of sulfonamides is 1. The van der Waals surface area contributed by atoms with Crippen LogP contribution in [0.1, 0.15) is 43.5 Å². The molecule has 1 aromatic heterocycles. The zero-order valence-electron chi connectivity index (χ0n) is 15.5. The molecule has 2 aromatic rings. The first kappa shape index (κ1) is 18.8. The van der Waals surface area contributed by atoms with Crippen molar-refractivity contribution in [1.82, 2.24) is 19.1 Å². The van der Waals surface area contributed by atoms with Gasteiger partial charge in [-0.2, -0.15) is 0 Å². The van der Waals surface area contributed by atoms with Crippen LogP contribution in [0.4, 0.5) is 0 Å². The number of hydrogen-bond donors (Lipinski definition) is 0. The average molecular weight is 409 g/mol. The summed E-state index contributed by atoms with van der Waals surface area (Å²) in [5, 5.41) is 9.80. The van der Waals surface area contributed by atoms with Crippen LogP contribution in [0.3, 0.4) is 0 Å². The summed E-state index contributed by atoms with van der Waals surface area (Å²) >= 11 is 1.67. The van der Waals surface area contributed by atoms with Gasteiger partial charge in [0, 0.05) is 31.8 Å². The lowest BCUT2D eigenvalue weighted by Crippen LogP contribution is -2.22. The van der Waals surface area contributed by atoms with Crippen LogP contribution >= 0.6 is 11.8 Å². The zero-order valence-corrected chi connectivity index (χ0v) is 17.2. The van der Waals surface area contributed by atoms with Crippen LogP contribution in [-0.2, 0) is 10.0 Å². The van der Waals surface area contributed by atoms with E-state index in [1.165, 1.54) is 49.9 Å². The van der Waals surface area contributed by atoms with Gasteiger partial charge >= 0.3 is 0 Å². The summed E-state index contributed by atoms with van der Waals surface area (Å²) < 4.78 is 33.4. The number of rotatable bonds is 9. The quantitative estimate of drug-likeness (QED) is 0.469. The Kier molecular flexibility index (Phi) is 5.17. The Morgan fingerprint density at radius 2 is 1.85 bits per heavy atom. The number of ether oxygens (including phenoxy) is 1. The molecule has 0 amide bonds. The van der Waals surface area contributed by atoms with Gasteiger partial charge in [0.15, 0.2) is 5.16 Å². The standard InChI is InChI=1S/C18H24N4O3S2/c1-21(2)27(23,24)16-9-7-15(8-10-16)25-11-12-26-18-20-19-17(13-3-4-13)22(18)14-5-6-14/h7-10,13-14H,3-6,11-12H2,1-2H3. The Labute approximate surface area is 164 Å². The number of nitrogens with zero attached hydrogens (tertiary/aromatic N) is 4. The van der Waals surface area contributed by atoms with Crippen molar-refractivity contribution in [2.24, 2.45) is 0 Å². The van der Waals surface area contributed by atoms with Crippen LogP contribution in [0, 0.1) is 0 Å². The van der Waals surface area contributed by atoms with E-state index in [1.807, 2.05) is 0 Å². The van der Waals surface area contributed by atoms with Gasteiger partial charge in [0.2, 0.25) is 10.0 Å². The van der Waals surface area contributed by atoms with Crippen molar-refractivity contribution < 1.29 is 13.2 Å². The molecule has 1 aromatic carbocycles. The Balaban J connectivity index is 1.31. The molecule has 2 fully saturated rings. The Hall–Kier alpha value is -1.58. The lowest BCUT2D eigenvalue weighted by atomic mass is 10.3. The predicted molar refractivity (Wildman–Crippen MR) is 104 cm³/mol. The molecule has 1 heterocycles. The van der Waals surface area contributed by atoms with E-state index < -0.39 is 10.0 Å². The molecular weight excluding hydrogens is 384 g/mol. The summed E-state index contributed by atoms with van der Waals surface area (Å²) in [4.78, 5) is 0.263. The van der Waals surface area contributed by atoms with Gasteiger partial charge in [-0.25, -0.2) is 12.7 Å². The SMILES string of the molecule is CN(C)S(=O)(=O)c1ccc(OCCSc2nnc(C3CC3)n2C2CC2)cc1. The van der Waals surface area contributed by atoms with Crippen LogP contribution in [0.5, 0.6) is 5.75 Å². The van der Waals surface area contributed by atoms with Crippen molar-refractivity contribution in [2.75, 3.05) is 26.5 Å². The third-order valence-corrected chi connectivity index (χ3v) is 7.47. The summed E-state index contributed by atoms with van der Waals surface area (Å²) in [6.07, 6.45) is 4.92. The van der Waals surface area contributed by atoms with Gasteiger partial charge in [-0.3, -0.25) is 0 Å². The van der Waals surface area contributed by atoms with Crippen LogP contribution in [0.2, 0.25) is 0 Å². The fourth-order valence-electron chi connectivity index (χ4n) is 2.89. The first-order valence-corrected chi connectivity index (χ1v) is 11.6. The molecule has 2 aliphatic carbocycles. The monoisotopic (exact) mass is 408 g/mol. The fraction of sp³-hybridized carbons (Fsp3) is 0.556. The molecule has 0 N–H and O–H groups in total.